The smallest absolute Gasteiger partial charge is 0.0446 e. The monoisotopic (exact) mass is 248 g/mol. The van der Waals surface area contributed by atoms with E-state index in [4.69, 9.17) is 0 Å². The zero-order valence-corrected chi connectivity index (χ0v) is 12.5. The van der Waals surface area contributed by atoms with E-state index >= 15 is 0 Å². The SMILES string of the molecule is CCCN(CC(NC)c1ccc(C)cc1)C(C)C. The summed E-state index contributed by atoms with van der Waals surface area (Å²) in [5.74, 6) is 0. The van der Waals surface area contributed by atoms with Crippen LogP contribution in [0.3, 0.4) is 0 Å². The molecular formula is C16H28N2. The summed E-state index contributed by atoms with van der Waals surface area (Å²) < 4.78 is 0. The summed E-state index contributed by atoms with van der Waals surface area (Å²) in [5, 5.41) is 3.44. The van der Waals surface area contributed by atoms with Crippen LogP contribution in [0.15, 0.2) is 24.3 Å². The van der Waals surface area contributed by atoms with Crippen molar-refractivity contribution in [1.29, 1.82) is 0 Å². The van der Waals surface area contributed by atoms with Crippen LogP contribution in [0.25, 0.3) is 0 Å². The lowest BCUT2D eigenvalue weighted by molar-refractivity contribution is 0.200. The van der Waals surface area contributed by atoms with Gasteiger partial charge in [-0.2, -0.15) is 0 Å². The minimum atomic E-state index is 0.416. The third-order valence-corrected chi connectivity index (χ3v) is 3.49. The summed E-state index contributed by atoms with van der Waals surface area (Å²) >= 11 is 0. The molecule has 0 aromatic heterocycles. The maximum atomic E-state index is 3.44. The molecule has 0 aliphatic heterocycles. The first kappa shape index (κ1) is 15.2. The van der Waals surface area contributed by atoms with E-state index < -0.39 is 0 Å². The van der Waals surface area contributed by atoms with E-state index in [1.807, 2.05) is 0 Å². The number of likely N-dealkylation sites (N-methyl/N-ethyl adjacent to an activating group) is 1. The Morgan fingerprint density at radius 2 is 1.78 bits per heavy atom. The fourth-order valence-electron chi connectivity index (χ4n) is 2.24. The Hall–Kier alpha value is -0.860. The van der Waals surface area contributed by atoms with Crippen LogP contribution in [0.5, 0.6) is 0 Å². The van der Waals surface area contributed by atoms with Crippen molar-refractivity contribution in [3.05, 3.63) is 35.4 Å². The zero-order valence-electron chi connectivity index (χ0n) is 12.5. The quantitative estimate of drug-likeness (QED) is 0.796. The second-order valence-electron chi connectivity index (χ2n) is 5.34. The van der Waals surface area contributed by atoms with Crippen LogP contribution < -0.4 is 5.32 Å². The van der Waals surface area contributed by atoms with Gasteiger partial charge in [-0.15, -0.1) is 0 Å². The molecule has 0 aliphatic rings. The standard InChI is InChI=1S/C16H28N2/c1-6-11-18(13(2)3)12-16(17-5)15-9-7-14(4)8-10-15/h7-10,13,16-17H,6,11-12H2,1-5H3. The predicted octanol–water partition coefficient (Wildman–Crippen LogP) is 3.38. The van der Waals surface area contributed by atoms with Crippen molar-refractivity contribution in [2.24, 2.45) is 0 Å². The molecule has 1 unspecified atom stereocenters. The van der Waals surface area contributed by atoms with Crippen LogP contribution in [-0.4, -0.2) is 31.1 Å². The van der Waals surface area contributed by atoms with Crippen LogP contribution >= 0.6 is 0 Å². The van der Waals surface area contributed by atoms with Crippen LogP contribution in [0, 0.1) is 6.92 Å². The van der Waals surface area contributed by atoms with Gasteiger partial charge in [0.25, 0.3) is 0 Å². The van der Waals surface area contributed by atoms with Gasteiger partial charge < -0.3 is 5.32 Å². The van der Waals surface area contributed by atoms with Gasteiger partial charge in [-0.1, -0.05) is 36.8 Å². The van der Waals surface area contributed by atoms with E-state index in [2.05, 4.69) is 69.2 Å². The number of aryl methyl sites for hydroxylation is 1. The number of benzene rings is 1. The van der Waals surface area contributed by atoms with E-state index in [-0.39, 0.29) is 0 Å². The normalized spacial score (nSPS) is 13.3. The number of hydrogen-bond acceptors (Lipinski definition) is 2. The van der Waals surface area contributed by atoms with E-state index in [1.165, 1.54) is 24.1 Å². The molecule has 2 heteroatoms. The first-order valence-corrected chi connectivity index (χ1v) is 7.06. The predicted molar refractivity (Wildman–Crippen MR) is 80.0 cm³/mol. The highest BCUT2D eigenvalue weighted by Gasteiger charge is 2.16. The second-order valence-corrected chi connectivity index (χ2v) is 5.34. The molecule has 0 amide bonds. The topological polar surface area (TPSA) is 15.3 Å². The van der Waals surface area contributed by atoms with Gasteiger partial charge in [0.05, 0.1) is 0 Å². The molecule has 1 aromatic rings. The highest BCUT2D eigenvalue weighted by atomic mass is 15.2. The van der Waals surface area contributed by atoms with E-state index in [9.17, 15) is 0 Å². The molecule has 2 nitrogen and oxygen atoms in total. The van der Waals surface area contributed by atoms with Crippen molar-refractivity contribution in [2.45, 2.75) is 46.2 Å². The van der Waals surface area contributed by atoms with E-state index in [0.29, 0.717) is 12.1 Å². The molecule has 0 spiro atoms. The van der Waals surface area contributed by atoms with Crippen molar-refractivity contribution in [2.75, 3.05) is 20.1 Å². The van der Waals surface area contributed by atoms with Gasteiger partial charge in [0.15, 0.2) is 0 Å². The maximum absolute atomic E-state index is 3.44. The highest BCUT2D eigenvalue weighted by molar-refractivity contribution is 5.24. The van der Waals surface area contributed by atoms with E-state index in [0.717, 1.165) is 6.54 Å². The Labute approximate surface area is 112 Å². The largest absolute Gasteiger partial charge is 0.312 e. The average Bonchev–Trinajstić information content (AvgIpc) is 2.35. The Kier molecular flexibility index (Phi) is 6.37. The van der Waals surface area contributed by atoms with Crippen molar-refractivity contribution in [3.8, 4) is 0 Å². The number of nitrogens with one attached hydrogen (secondary N) is 1. The molecule has 0 bridgehead atoms. The fraction of sp³-hybridized carbons (Fsp3) is 0.625. The number of rotatable bonds is 7. The maximum Gasteiger partial charge on any atom is 0.0446 e. The van der Waals surface area contributed by atoms with Gasteiger partial charge >= 0.3 is 0 Å². The van der Waals surface area contributed by atoms with Gasteiger partial charge in [0.2, 0.25) is 0 Å². The molecular weight excluding hydrogens is 220 g/mol. The van der Waals surface area contributed by atoms with Crippen LogP contribution in [0.4, 0.5) is 0 Å². The molecule has 1 atom stereocenters. The summed E-state index contributed by atoms with van der Waals surface area (Å²) in [4.78, 5) is 2.54. The first-order valence-electron chi connectivity index (χ1n) is 7.06. The summed E-state index contributed by atoms with van der Waals surface area (Å²) in [6.45, 7) is 11.2. The van der Waals surface area contributed by atoms with Gasteiger partial charge in [0.1, 0.15) is 0 Å². The van der Waals surface area contributed by atoms with Crippen LogP contribution in [0.1, 0.15) is 44.4 Å². The Morgan fingerprint density at radius 3 is 2.22 bits per heavy atom. The summed E-state index contributed by atoms with van der Waals surface area (Å²) in [7, 11) is 2.05. The molecule has 102 valence electrons. The molecule has 0 radical (unpaired) electrons. The summed E-state index contributed by atoms with van der Waals surface area (Å²) in [6.07, 6.45) is 1.21. The molecule has 0 heterocycles. The minimum absolute atomic E-state index is 0.416. The Balaban J connectivity index is 2.73. The van der Waals surface area contributed by atoms with Crippen molar-refractivity contribution >= 4 is 0 Å². The lowest BCUT2D eigenvalue weighted by atomic mass is 10.0. The van der Waals surface area contributed by atoms with Crippen molar-refractivity contribution < 1.29 is 0 Å². The third-order valence-electron chi connectivity index (χ3n) is 3.49. The molecule has 0 saturated heterocycles. The highest BCUT2D eigenvalue weighted by Crippen LogP contribution is 2.16. The van der Waals surface area contributed by atoms with Crippen molar-refractivity contribution in [3.63, 3.8) is 0 Å². The second kappa shape index (κ2) is 7.55. The zero-order chi connectivity index (χ0) is 13.5. The van der Waals surface area contributed by atoms with Gasteiger partial charge in [-0.25, -0.2) is 0 Å². The third kappa shape index (κ3) is 4.43. The lowest BCUT2D eigenvalue weighted by Crippen LogP contribution is -2.38. The molecule has 18 heavy (non-hydrogen) atoms. The van der Waals surface area contributed by atoms with Crippen LogP contribution in [0.2, 0.25) is 0 Å². The van der Waals surface area contributed by atoms with Crippen molar-refractivity contribution in [1.82, 2.24) is 10.2 Å². The molecule has 1 N–H and O–H groups in total. The minimum Gasteiger partial charge on any atom is -0.312 e. The fourth-order valence-corrected chi connectivity index (χ4v) is 2.24. The molecule has 1 aromatic carbocycles. The summed E-state index contributed by atoms with van der Waals surface area (Å²) in [6, 6.07) is 9.88. The molecule has 0 fully saturated rings. The molecule has 0 aliphatic carbocycles. The number of nitrogens with zero attached hydrogens (tertiary/aromatic N) is 1. The van der Waals surface area contributed by atoms with Gasteiger partial charge in [0, 0.05) is 18.6 Å². The molecule has 0 saturated carbocycles. The Morgan fingerprint density at radius 1 is 1.17 bits per heavy atom. The van der Waals surface area contributed by atoms with Gasteiger partial charge in [-0.05, 0) is 46.3 Å². The van der Waals surface area contributed by atoms with Crippen LogP contribution in [-0.2, 0) is 0 Å². The first-order chi connectivity index (χ1) is 8.58. The average molecular weight is 248 g/mol. The molecule has 1 rings (SSSR count). The lowest BCUT2D eigenvalue weighted by Gasteiger charge is -2.30. The van der Waals surface area contributed by atoms with Gasteiger partial charge in [-0.3, -0.25) is 4.90 Å². The Bertz CT molecular complexity index is 329. The van der Waals surface area contributed by atoms with E-state index in [1.54, 1.807) is 0 Å². The summed E-state index contributed by atoms with van der Waals surface area (Å²) in [5.41, 5.74) is 2.70. The number of hydrogen-bond donors (Lipinski definition) is 1.